The van der Waals surface area contributed by atoms with Crippen LogP contribution in [0.15, 0.2) is 134 Å². The number of allylic oxidation sites excluding steroid dienone is 22. The maximum Gasteiger partial charge on any atom is 0.306 e. The van der Waals surface area contributed by atoms with E-state index < -0.39 is 12.1 Å². The van der Waals surface area contributed by atoms with Crippen molar-refractivity contribution in [3.8, 4) is 0 Å². The average molecular weight is 785 g/mol. The summed E-state index contributed by atoms with van der Waals surface area (Å²) < 4.78 is 16.5. The summed E-state index contributed by atoms with van der Waals surface area (Å²) >= 11 is 0. The molecule has 0 aromatic carbocycles. The maximum absolute atomic E-state index is 12.7. The molecule has 0 bridgehead atoms. The first-order valence-electron chi connectivity index (χ1n) is 21.8. The monoisotopic (exact) mass is 785 g/mol. The number of esters is 3. The van der Waals surface area contributed by atoms with Gasteiger partial charge in [-0.25, -0.2) is 0 Å². The summed E-state index contributed by atoms with van der Waals surface area (Å²) in [5.41, 5.74) is 0. The lowest BCUT2D eigenvalue weighted by Gasteiger charge is -2.18. The molecule has 0 saturated carbocycles. The molecule has 1 unspecified atom stereocenters. The Labute approximate surface area is 347 Å². The molecule has 0 radical (unpaired) electrons. The van der Waals surface area contributed by atoms with E-state index in [4.69, 9.17) is 14.2 Å². The van der Waals surface area contributed by atoms with Crippen molar-refractivity contribution in [3.63, 3.8) is 0 Å². The molecule has 0 heterocycles. The molecule has 0 N–H and O–H groups in total. The highest BCUT2D eigenvalue weighted by Gasteiger charge is 2.19. The Morgan fingerprint density at radius 1 is 0.368 bits per heavy atom. The molecule has 316 valence electrons. The van der Waals surface area contributed by atoms with Gasteiger partial charge in [0.1, 0.15) is 13.2 Å². The van der Waals surface area contributed by atoms with Gasteiger partial charge in [-0.1, -0.05) is 187 Å². The van der Waals surface area contributed by atoms with Crippen molar-refractivity contribution in [2.24, 2.45) is 0 Å². The molecule has 0 amide bonds. The van der Waals surface area contributed by atoms with Crippen molar-refractivity contribution in [2.45, 2.75) is 155 Å². The van der Waals surface area contributed by atoms with Crippen LogP contribution in [0.4, 0.5) is 0 Å². The fourth-order valence-electron chi connectivity index (χ4n) is 5.14. The van der Waals surface area contributed by atoms with Gasteiger partial charge in [0.25, 0.3) is 0 Å². The Balaban J connectivity index is 4.60. The van der Waals surface area contributed by atoms with E-state index in [2.05, 4.69) is 99.8 Å². The molecular weight excluding hydrogens is 709 g/mol. The molecule has 0 aromatic rings. The van der Waals surface area contributed by atoms with Crippen LogP contribution in [-0.2, 0) is 28.6 Å². The van der Waals surface area contributed by atoms with Crippen LogP contribution in [0.3, 0.4) is 0 Å². The van der Waals surface area contributed by atoms with Gasteiger partial charge in [0.15, 0.2) is 6.10 Å². The van der Waals surface area contributed by atoms with E-state index in [1.165, 1.54) is 19.3 Å². The first-order chi connectivity index (χ1) is 28.0. The Hall–Kier alpha value is -4.45. The van der Waals surface area contributed by atoms with Gasteiger partial charge in [-0.15, -0.1) is 0 Å². The third-order valence-corrected chi connectivity index (χ3v) is 8.32. The number of ether oxygens (including phenoxy) is 3. The van der Waals surface area contributed by atoms with Crippen LogP contribution in [-0.4, -0.2) is 37.2 Å². The molecule has 0 aliphatic heterocycles. The third kappa shape index (κ3) is 42.5. The van der Waals surface area contributed by atoms with Crippen LogP contribution < -0.4 is 0 Å². The van der Waals surface area contributed by atoms with Crippen molar-refractivity contribution in [3.05, 3.63) is 134 Å². The predicted octanol–water partition coefficient (Wildman–Crippen LogP) is 14.0. The van der Waals surface area contributed by atoms with Crippen molar-refractivity contribution in [1.82, 2.24) is 0 Å². The molecule has 0 spiro atoms. The molecule has 0 aromatic heterocycles. The molecule has 0 aliphatic carbocycles. The standard InChI is InChI=1S/C51H76O6/c1-4-7-10-13-16-19-22-24-25-27-29-32-35-38-41-44-50(53)56-47-48(46-55-49(52)43-40-37-34-31-28-21-18-15-12-9-6-3)57-51(54)45-42-39-36-33-30-26-23-20-17-14-11-8-5-2/h7-14,16-23,26,30-31,33-34,36,48H,4-6,15,24-25,27-29,32,35,37-47H2,1-3H3/b10-7-,11-8-,12-9-,16-13-,17-14-,21-18-,22-19-,23-20-,30-26-,34-31-,36-33-. The second-order valence-corrected chi connectivity index (χ2v) is 13.6. The van der Waals surface area contributed by atoms with Gasteiger partial charge >= 0.3 is 17.9 Å². The predicted molar refractivity (Wildman–Crippen MR) is 242 cm³/mol. The summed E-state index contributed by atoms with van der Waals surface area (Å²) in [4.78, 5) is 37.7. The van der Waals surface area contributed by atoms with Crippen molar-refractivity contribution < 1.29 is 28.6 Å². The van der Waals surface area contributed by atoms with Gasteiger partial charge in [0, 0.05) is 19.3 Å². The van der Waals surface area contributed by atoms with Crippen LogP contribution in [0.1, 0.15) is 149 Å². The number of unbranched alkanes of at least 4 members (excludes halogenated alkanes) is 9. The lowest BCUT2D eigenvalue weighted by atomic mass is 10.1. The van der Waals surface area contributed by atoms with Crippen LogP contribution >= 0.6 is 0 Å². The summed E-state index contributed by atoms with van der Waals surface area (Å²) in [7, 11) is 0. The molecule has 0 aliphatic rings. The second kappa shape index (κ2) is 44.3. The van der Waals surface area contributed by atoms with Gasteiger partial charge in [-0.05, 0) is 77.0 Å². The Bertz CT molecular complexity index is 1320. The number of hydrogen-bond donors (Lipinski definition) is 0. The summed E-state index contributed by atoms with van der Waals surface area (Å²) in [6, 6.07) is 0. The summed E-state index contributed by atoms with van der Waals surface area (Å²) in [6.45, 7) is 6.07. The maximum atomic E-state index is 12.7. The lowest BCUT2D eigenvalue weighted by Crippen LogP contribution is -2.30. The first kappa shape index (κ1) is 52.6. The average Bonchev–Trinajstić information content (AvgIpc) is 3.21. The van der Waals surface area contributed by atoms with E-state index in [9.17, 15) is 14.4 Å². The number of carbonyl (C=O) groups excluding carboxylic acids is 3. The zero-order valence-electron chi connectivity index (χ0n) is 35.8. The molecule has 57 heavy (non-hydrogen) atoms. The van der Waals surface area contributed by atoms with Crippen LogP contribution in [0.5, 0.6) is 0 Å². The van der Waals surface area contributed by atoms with E-state index in [0.29, 0.717) is 25.7 Å². The number of rotatable bonds is 36. The highest BCUT2D eigenvalue weighted by atomic mass is 16.6. The fourth-order valence-corrected chi connectivity index (χ4v) is 5.14. The second-order valence-electron chi connectivity index (χ2n) is 13.6. The van der Waals surface area contributed by atoms with Gasteiger partial charge in [-0.2, -0.15) is 0 Å². The minimum Gasteiger partial charge on any atom is -0.462 e. The Kier molecular flexibility index (Phi) is 40.8. The zero-order chi connectivity index (χ0) is 41.5. The van der Waals surface area contributed by atoms with Crippen LogP contribution in [0.25, 0.3) is 0 Å². The first-order valence-corrected chi connectivity index (χ1v) is 21.8. The van der Waals surface area contributed by atoms with Gasteiger partial charge in [0.05, 0.1) is 0 Å². The lowest BCUT2D eigenvalue weighted by molar-refractivity contribution is -0.167. The van der Waals surface area contributed by atoms with E-state index in [0.717, 1.165) is 70.6 Å². The topological polar surface area (TPSA) is 78.9 Å². The largest absolute Gasteiger partial charge is 0.462 e. The highest BCUT2D eigenvalue weighted by Crippen LogP contribution is 2.11. The number of hydrogen-bond acceptors (Lipinski definition) is 6. The molecule has 0 saturated heterocycles. The smallest absolute Gasteiger partial charge is 0.306 e. The van der Waals surface area contributed by atoms with Gasteiger partial charge < -0.3 is 14.2 Å². The molecule has 0 fully saturated rings. The molecule has 0 rings (SSSR count). The Morgan fingerprint density at radius 3 is 1.26 bits per heavy atom. The molecule has 6 nitrogen and oxygen atoms in total. The molecule has 6 heteroatoms. The molecule has 1 atom stereocenters. The van der Waals surface area contributed by atoms with E-state index in [-0.39, 0.29) is 38.0 Å². The summed E-state index contributed by atoms with van der Waals surface area (Å²) in [5, 5.41) is 0. The quantitative estimate of drug-likeness (QED) is 0.0207. The minimum atomic E-state index is -0.843. The van der Waals surface area contributed by atoms with Crippen LogP contribution in [0, 0.1) is 0 Å². The van der Waals surface area contributed by atoms with E-state index in [1.54, 1.807) is 0 Å². The summed E-state index contributed by atoms with van der Waals surface area (Å²) in [5.74, 6) is -1.10. The van der Waals surface area contributed by atoms with Crippen molar-refractivity contribution in [1.29, 1.82) is 0 Å². The van der Waals surface area contributed by atoms with Crippen molar-refractivity contribution >= 4 is 17.9 Å². The van der Waals surface area contributed by atoms with E-state index in [1.807, 2.05) is 54.7 Å². The molecular formula is C51H76O6. The summed E-state index contributed by atoms with van der Waals surface area (Å²) in [6.07, 6.45) is 61.7. The Morgan fingerprint density at radius 2 is 0.737 bits per heavy atom. The normalized spacial score (nSPS) is 13.4. The van der Waals surface area contributed by atoms with Gasteiger partial charge in [0.2, 0.25) is 0 Å². The number of carbonyl (C=O) groups is 3. The highest BCUT2D eigenvalue weighted by molar-refractivity contribution is 5.71. The fraction of sp³-hybridized carbons (Fsp3) is 0.510. The zero-order valence-corrected chi connectivity index (χ0v) is 35.8. The van der Waals surface area contributed by atoms with Crippen LogP contribution in [0.2, 0.25) is 0 Å². The minimum absolute atomic E-state index is 0.135. The van der Waals surface area contributed by atoms with E-state index >= 15 is 0 Å². The SMILES string of the molecule is CC\C=C/C=C\C=C/C=C\C=C/CCCC(=O)OC(COC(=O)CCC/C=C\C/C=C\C/C=C\CC)COC(=O)CCCCCCCCC\C=C/C=C\C=C/CC. The third-order valence-electron chi connectivity index (χ3n) is 8.32. The van der Waals surface area contributed by atoms with Gasteiger partial charge in [-0.3, -0.25) is 14.4 Å². The van der Waals surface area contributed by atoms with Crippen molar-refractivity contribution in [2.75, 3.05) is 13.2 Å².